The minimum atomic E-state index is -0.734. The van der Waals surface area contributed by atoms with Gasteiger partial charge in [-0.25, -0.2) is 18.3 Å². The Bertz CT molecular complexity index is 7260. The average molecular weight is 1730 g/mol. The van der Waals surface area contributed by atoms with Crippen molar-refractivity contribution < 1.29 is 27.9 Å². The minimum absolute atomic E-state index is 0.131. The zero-order chi connectivity index (χ0) is 98.7. The molecule has 0 N–H and O–H groups in total. The lowest BCUT2D eigenvalue weighted by atomic mass is 9.71. The van der Waals surface area contributed by atoms with Crippen LogP contribution in [0, 0.1) is 33.1 Å². The van der Waals surface area contributed by atoms with Crippen LogP contribution >= 0.6 is 0 Å². The number of aryl methyl sites for hydroxylation is 8. The fraction of sp³-hybridized carbons (Fsp3) is 0.339. The maximum Gasteiger partial charge on any atom is 0.213 e. The van der Waals surface area contributed by atoms with E-state index in [1.807, 2.05) is 55.4 Å². The van der Waals surface area contributed by atoms with Crippen LogP contribution in [0.4, 0.5) is 0 Å². The van der Waals surface area contributed by atoms with Crippen molar-refractivity contribution in [3.63, 3.8) is 0 Å². The third-order valence-electron chi connectivity index (χ3n) is 28.5. The largest absolute Gasteiger partial charge is 0.213 e. The fourth-order valence-corrected chi connectivity index (χ4v) is 20.3. The summed E-state index contributed by atoms with van der Waals surface area (Å²) in [5, 5.41) is 9.60. The number of nitrogens with zero attached hydrogens (tertiary/aromatic N) is 4. The van der Waals surface area contributed by atoms with Gasteiger partial charge in [-0.2, -0.15) is 0 Å². The first kappa shape index (κ1) is 83.6. The third-order valence-corrected chi connectivity index (χ3v) is 28.5. The maximum atomic E-state index is 9.21. The van der Waals surface area contributed by atoms with E-state index in [0.717, 1.165) is 183 Å². The van der Waals surface area contributed by atoms with E-state index in [1.54, 1.807) is 0 Å². The summed E-state index contributed by atoms with van der Waals surface area (Å²) >= 11 is 0. The fourth-order valence-electron chi connectivity index (χ4n) is 20.3. The van der Waals surface area contributed by atoms with Gasteiger partial charge < -0.3 is 0 Å². The Kier molecular flexibility index (Phi) is 25.4. The standard InChI is InChI=1S/C34H40N.C32H36N.C31H34N.C30H34N/c1-23(2)32-22-35(6)33(30-10-8-7-9-24(30)3)21-31(32)29-14-13-27-19-26(11-12-28(27)20-29)25-15-17-34(4,5)18-16-25;1-22(2)31-21-33(4)32(29-13-9-8-10-23(29)3)20-30(31)28-17-16-26-18-25(14-15-27(26)19-28)24-11-6-5-7-12-24;1-21(2)30-20-32(4)31(28-12-8-5-9-22(28)3)19-29(30)27-16-15-25-17-24(13-14-26(25)18-27)23-10-6-7-11-23;1-20(2)28-19-31(7)29(26-11-9-8-10-21(26)3)18-27(28)24-13-12-23-17-25(30(4,5)6)15-14-22(23)16-24/h7-14,19-23,25H,15-18H2,1-6H3;8-10,13-22,24H,5-7,11-12H2,1-4H3;5,8-9,12-21,23H,6-7,10-11H2,1-4H3;8-20H,1-7H3/q4*+1/i23D,25D;22D,24D;21D,23D;20D. The van der Waals surface area contributed by atoms with E-state index >= 15 is 0 Å². The van der Waals surface area contributed by atoms with E-state index < -0.39 is 41.3 Å². The molecule has 4 aromatic heterocycles. The number of aromatic nitrogens is 4. The van der Waals surface area contributed by atoms with Gasteiger partial charge in [0.25, 0.3) is 0 Å². The van der Waals surface area contributed by atoms with Gasteiger partial charge in [0, 0.05) is 78.4 Å². The highest BCUT2D eigenvalue weighted by Gasteiger charge is 2.31. The molecule has 4 nitrogen and oxygen atoms in total. The van der Waals surface area contributed by atoms with Crippen LogP contribution in [0.1, 0.15) is 291 Å². The number of rotatable bonds is 15. The number of benzene rings is 12. The monoisotopic (exact) mass is 1730 g/mol. The Labute approximate surface area is 795 Å². The summed E-state index contributed by atoms with van der Waals surface area (Å²) in [4.78, 5) is 0. The molecule has 131 heavy (non-hydrogen) atoms. The summed E-state index contributed by atoms with van der Waals surface area (Å²) in [6, 6.07) is 96.1. The van der Waals surface area contributed by atoms with Gasteiger partial charge in [0.05, 0.1) is 0 Å². The van der Waals surface area contributed by atoms with Crippen molar-refractivity contribution >= 4 is 43.1 Å². The first-order chi connectivity index (χ1) is 65.1. The molecule has 3 aliphatic rings. The van der Waals surface area contributed by atoms with Crippen molar-refractivity contribution in [2.75, 3.05) is 0 Å². The highest BCUT2D eigenvalue weighted by molar-refractivity contribution is 5.93. The number of hydrogen-bond donors (Lipinski definition) is 0. The Balaban J connectivity index is 0.000000133. The van der Waals surface area contributed by atoms with E-state index in [4.69, 9.17) is 8.22 Å². The second-order valence-electron chi connectivity index (χ2n) is 40.7. The third kappa shape index (κ3) is 20.8. The predicted octanol–water partition coefficient (Wildman–Crippen LogP) is 33.4. The number of fused-ring (bicyclic) bond motifs is 4. The van der Waals surface area contributed by atoms with Crippen molar-refractivity contribution in [1.29, 1.82) is 0 Å². The topological polar surface area (TPSA) is 15.5 Å². The summed E-state index contributed by atoms with van der Waals surface area (Å²) in [6.45, 7) is 35.7. The summed E-state index contributed by atoms with van der Waals surface area (Å²) in [6.07, 6.45) is 22.3. The van der Waals surface area contributed by atoms with E-state index in [-0.39, 0.29) is 5.41 Å². The second kappa shape index (κ2) is 39.8. The van der Waals surface area contributed by atoms with Crippen LogP contribution in [-0.4, -0.2) is 0 Å². The Morgan fingerprint density at radius 1 is 0.282 bits per heavy atom. The molecule has 19 rings (SSSR count). The molecule has 12 aromatic carbocycles. The van der Waals surface area contributed by atoms with Crippen LogP contribution < -0.4 is 18.3 Å². The van der Waals surface area contributed by atoms with Crippen LogP contribution in [0.15, 0.2) is 292 Å². The Morgan fingerprint density at radius 2 is 0.519 bits per heavy atom. The van der Waals surface area contributed by atoms with Crippen LogP contribution in [0.25, 0.3) is 133 Å². The quantitative estimate of drug-likeness (QED) is 0.0909. The molecule has 3 fully saturated rings. The molecule has 3 saturated carbocycles. The van der Waals surface area contributed by atoms with Crippen molar-refractivity contribution in [3.05, 3.63) is 358 Å². The molecule has 16 aromatic rings. The number of pyridine rings is 4. The van der Waals surface area contributed by atoms with Gasteiger partial charge in [-0.1, -0.05) is 316 Å². The Morgan fingerprint density at radius 3 is 0.786 bits per heavy atom. The van der Waals surface area contributed by atoms with Crippen LogP contribution in [0.5, 0.6) is 0 Å². The van der Waals surface area contributed by atoms with Crippen molar-refractivity contribution in [2.24, 2.45) is 33.6 Å². The summed E-state index contributed by atoms with van der Waals surface area (Å²) < 4.78 is 71.2. The molecule has 0 bridgehead atoms. The van der Waals surface area contributed by atoms with Gasteiger partial charge in [-0.3, -0.25) is 0 Å². The van der Waals surface area contributed by atoms with Gasteiger partial charge >= 0.3 is 0 Å². The molecule has 0 aliphatic heterocycles. The van der Waals surface area contributed by atoms with Gasteiger partial charge in [-0.05, 0) is 312 Å². The van der Waals surface area contributed by atoms with Gasteiger partial charge in [0.1, 0.15) is 28.2 Å². The zero-order valence-electron chi connectivity index (χ0n) is 89.2. The van der Waals surface area contributed by atoms with Crippen molar-refractivity contribution in [1.82, 2.24) is 0 Å². The van der Waals surface area contributed by atoms with E-state index in [0.29, 0.717) is 5.41 Å². The molecule has 668 valence electrons. The molecule has 0 amide bonds. The summed E-state index contributed by atoms with van der Waals surface area (Å²) in [5.41, 5.74) is 32.8. The van der Waals surface area contributed by atoms with E-state index in [1.165, 1.54) is 99.6 Å². The van der Waals surface area contributed by atoms with Crippen LogP contribution in [-0.2, 0) is 33.6 Å². The zero-order valence-corrected chi connectivity index (χ0v) is 82.2. The molecule has 4 heterocycles. The van der Waals surface area contributed by atoms with E-state index in [2.05, 4.69) is 400 Å². The Hall–Kier alpha value is -11.7. The molecule has 0 spiro atoms. The van der Waals surface area contributed by atoms with Crippen molar-refractivity contribution in [3.8, 4) is 89.5 Å². The smallest absolute Gasteiger partial charge is 0.201 e. The molecule has 3 aliphatic carbocycles. The first-order valence-electron chi connectivity index (χ1n) is 51.7. The highest BCUT2D eigenvalue weighted by atomic mass is 14.9. The molecular weight excluding hydrogens is 1580 g/mol. The predicted molar refractivity (Wildman–Crippen MR) is 560 cm³/mol. The van der Waals surface area contributed by atoms with E-state index in [9.17, 15) is 1.37 Å². The molecule has 0 atom stereocenters. The lowest BCUT2D eigenvalue weighted by molar-refractivity contribution is -0.660. The lowest BCUT2D eigenvalue weighted by Gasteiger charge is -2.34. The van der Waals surface area contributed by atoms with Gasteiger partial charge in [0.2, 0.25) is 22.8 Å². The molecule has 0 unspecified atom stereocenters. The lowest BCUT2D eigenvalue weighted by Crippen LogP contribution is -2.32. The minimum Gasteiger partial charge on any atom is -0.201 e. The van der Waals surface area contributed by atoms with Gasteiger partial charge in [0.15, 0.2) is 24.8 Å². The normalized spacial score (nSPS) is 16.3. The average Bonchev–Trinajstić information content (AvgIpc) is 1.08. The van der Waals surface area contributed by atoms with Crippen LogP contribution in [0.2, 0.25) is 0 Å². The summed E-state index contributed by atoms with van der Waals surface area (Å²) in [5.74, 6) is -4.24. The molecule has 0 radical (unpaired) electrons. The van der Waals surface area contributed by atoms with Crippen LogP contribution in [0.3, 0.4) is 0 Å². The maximum absolute atomic E-state index is 9.21. The SMILES string of the molecule is [2H]C(C)(C)c1c[n+](C)c(-c2ccccc2C)cc1-c1ccc2cc(C(C)(C)C)ccc2c1.[2H]C(C)(C)c1c[n+](C)c(-c2ccccc2C)cc1-c1ccc2cc(C3([2H])CCC(C)(C)CC3)ccc2c1.[2H]C(C)(C)c1c[n+](C)c(-c2ccccc2C)cc1-c1ccc2cc(C3([2H])CCCC3)ccc2c1.[2H]C(C)(C)c1c[n+](C)c(-c2ccccc2C)cc1-c1ccc2cc(C3([2H])CCCCC3)ccc2c1. The summed E-state index contributed by atoms with van der Waals surface area (Å²) in [7, 11) is 8.30. The van der Waals surface area contributed by atoms with Crippen molar-refractivity contribution in [2.45, 2.75) is 248 Å². The van der Waals surface area contributed by atoms with Gasteiger partial charge in [-0.15, -0.1) is 0 Å². The number of hydrogen-bond acceptors (Lipinski definition) is 0. The highest BCUT2D eigenvalue weighted by Crippen LogP contribution is 2.46. The second-order valence-corrected chi connectivity index (χ2v) is 40.7. The first-order valence-corrected chi connectivity index (χ1v) is 48.2. The molecule has 0 saturated heterocycles. The molecule has 4 heteroatoms. The molecular formula is C127H144N4+4.